The number of benzene rings is 1. The number of rotatable bonds is 4. The highest BCUT2D eigenvalue weighted by Crippen LogP contribution is 2.26. The van der Waals surface area contributed by atoms with Crippen molar-refractivity contribution in [3.8, 4) is 11.3 Å². The summed E-state index contributed by atoms with van der Waals surface area (Å²) in [4.78, 5) is 3.42. The highest BCUT2D eigenvalue weighted by Gasteiger charge is 2.11. The van der Waals surface area contributed by atoms with E-state index in [4.69, 9.17) is 5.73 Å². The molecule has 0 unspecified atom stereocenters. The van der Waals surface area contributed by atoms with Gasteiger partial charge in [-0.1, -0.05) is 19.9 Å². The Morgan fingerprint density at radius 1 is 1.20 bits per heavy atom. The summed E-state index contributed by atoms with van der Waals surface area (Å²) in [5, 5.41) is 8.17. The quantitative estimate of drug-likeness (QED) is 0.676. The molecule has 4 nitrogen and oxygen atoms in total. The lowest BCUT2D eigenvalue weighted by molar-refractivity contribution is 0.504. The van der Waals surface area contributed by atoms with Crippen LogP contribution in [-0.4, -0.2) is 15.2 Å². The molecule has 3 aromatic rings. The summed E-state index contributed by atoms with van der Waals surface area (Å²) in [5.74, 6) is 0.594. The van der Waals surface area contributed by atoms with Crippen molar-refractivity contribution in [2.45, 2.75) is 26.3 Å². The second-order valence-corrected chi connectivity index (χ2v) is 5.73. The molecule has 0 spiro atoms. The second-order valence-electron chi connectivity index (χ2n) is 5.73. The van der Waals surface area contributed by atoms with Crippen LogP contribution >= 0.6 is 0 Å². The first-order valence-electron chi connectivity index (χ1n) is 7.01. The third kappa shape index (κ3) is 2.47. The lowest BCUT2D eigenvalue weighted by atomic mass is 10.0. The minimum Gasteiger partial charge on any atom is -0.357 e. The van der Waals surface area contributed by atoms with E-state index in [1.165, 1.54) is 5.39 Å². The number of fused-ring (bicyclic) bond motifs is 1. The van der Waals surface area contributed by atoms with Crippen molar-refractivity contribution >= 4 is 10.9 Å². The molecule has 0 aliphatic carbocycles. The highest BCUT2D eigenvalue weighted by molar-refractivity contribution is 5.85. The van der Waals surface area contributed by atoms with E-state index < -0.39 is 0 Å². The molecule has 0 aliphatic rings. The highest BCUT2D eigenvalue weighted by atomic mass is 15.1. The van der Waals surface area contributed by atoms with Crippen LogP contribution in [0.15, 0.2) is 36.5 Å². The van der Waals surface area contributed by atoms with E-state index in [1.807, 2.05) is 6.07 Å². The molecule has 1 atom stereocenters. The molecule has 1 aromatic carbocycles. The Morgan fingerprint density at radius 2 is 2.05 bits per heavy atom. The third-order valence-electron chi connectivity index (χ3n) is 3.58. The molecule has 0 saturated heterocycles. The standard InChI is InChI=1S/C16H20N4/c1-10(2)7-13(17)16-9-12-8-11(3-4-14(12)19-16)15-5-6-18-20-15/h3-6,8-10,13,19H,7,17H2,1-2H3,(H,18,20)/t13-/m1/s1. The number of hydrogen-bond donors (Lipinski definition) is 3. The Hall–Kier alpha value is -2.07. The molecule has 4 N–H and O–H groups in total. The van der Waals surface area contributed by atoms with Gasteiger partial charge >= 0.3 is 0 Å². The molecule has 4 heteroatoms. The predicted molar refractivity (Wildman–Crippen MR) is 82.3 cm³/mol. The second kappa shape index (κ2) is 5.13. The van der Waals surface area contributed by atoms with Crippen molar-refractivity contribution in [3.63, 3.8) is 0 Å². The minimum absolute atomic E-state index is 0.0676. The van der Waals surface area contributed by atoms with Crippen LogP contribution in [0.25, 0.3) is 22.2 Å². The van der Waals surface area contributed by atoms with E-state index in [9.17, 15) is 0 Å². The van der Waals surface area contributed by atoms with Gasteiger partial charge in [0.15, 0.2) is 0 Å². The van der Waals surface area contributed by atoms with E-state index in [0.717, 1.165) is 28.9 Å². The summed E-state index contributed by atoms with van der Waals surface area (Å²) >= 11 is 0. The zero-order valence-electron chi connectivity index (χ0n) is 11.9. The fourth-order valence-corrected chi connectivity index (χ4v) is 2.57. The van der Waals surface area contributed by atoms with E-state index in [0.29, 0.717) is 5.92 Å². The Balaban J connectivity index is 1.95. The normalized spacial score (nSPS) is 13.2. The molecule has 0 aliphatic heterocycles. The van der Waals surface area contributed by atoms with Gasteiger partial charge in [0, 0.05) is 34.4 Å². The first kappa shape index (κ1) is 12.9. The van der Waals surface area contributed by atoms with Crippen LogP contribution in [0, 0.1) is 5.92 Å². The molecule has 0 saturated carbocycles. The van der Waals surface area contributed by atoms with Crippen LogP contribution in [0.5, 0.6) is 0 Å². The van der Waals surface area contributed by atoms with Crippen LogP contribution < -0.4 is 5.73 Å². The lowest BCUT2D eigenvalue weighted by Gasteiger charge is -2.11. The van der Waals surface area contributed by atoms with Crippen LogP contribution in [0.2, 0.25) is 0 Å². The smallest absolute Gasteiger partial charge is 0.0650 e. The summed E-state index contributed by atoms with van der Waals surface area (Å²) < 4.78 is 0. The van der Waals surface area contributed by atoms with E-state index >= 15 is 0 Å². The fraction of sp³-hybridized carbons (Fsp3) is 0.312. The number of nitrogens with zero attached hydrogens (tertiary/aromatic N) is 1. The van der Waals surface area contributed by atoms with E-state index in [-0.39, 0.29) is 6.04 Å². The first-order valence-corrected chi connectivity index (χ1v) is 7.01. The van der Waals surface area contributed by atoms with Crippen LogP contribution in [-0.2, 0) is 0 Å². The zero-order valence-corrected chi connectivity index (χ0v) is 11.9. The van der Waals surface area contributed by atoms with Crippen molar-refractivity contribution in [3.05, 3.63) is 42.2 Å². The fourth-order valence-electron chi connectivity index (χ4n) is 2.57. The van der Waals surface area contributed by atoms with Crippen molar-refractivity contribution in [2.24, 2.45) is 11.7 Å². The first-order chi connectivity index (χ1) is 9.63. The van der Waals surface area contributed by atoms with Crippen molar-refractivity contribution in [2.75, 3.05) is 0 Å². The zero-order chi connectivity index (χ0) is 14.1. The maximum atomic E-state index is 6.25. The maximum absolute atomic E-state index is 6.25. The molecule has 104 valence electrons. The summed E-state index contributed by atoms with van der Waals surface area (Å²) in [6.45, 7) is 4.39. The molecule has 0 bridgehead atoms. The molecule has 2 aromatic heterocycles. The van der Waals surface area contributed by atoms with Gasteiger partial charge in [0.05, 0.1) is 5.69 Å². The van der Waals surface area contributed by atoms with Gasteiger partial charge in [0.25, 0.3) is 0 Å². The summed E-state index contributed by atoms with van der Waals surface area (Å²) in [6.07, 6.45) is 2.75. The average molecular weight is 268 g/mol. The third-order valence-corrected chi connectivity index (χ3v) is 3.58. The van der Waals surface area contributed by atoms with E-state index in [2.05, 4.69) is 53.3 Å². The Morgan fingerprint density at radius 3 is 2.75 bits per heavy atom. The SMILES string of the molecule is CC(C)C[C@@H](N)c1cc2cc(-c3ccn[nH]3)ccc2[nH]1. The van der Waals surface area contributed by atoms with Gasteiger partial charge in [0.2, 0.25) is 0 Å². The molecule has 0 fully saturated rings. The van der Waals surface area contributed by atoms with Gasteiger partial charge in [-0.05, 0) is 36.6 Å². The van der Waals surface area contributed by atoms with Crippen LogP contribution in [0.3, 0.4) is 0 Å². The van der Waals surface area contributed by atoms with Crippen molar-refractivity contribution in [1.82, 2.24) is 15.2 Å². The monoisotopic (exact) mass is 268 g/mol. The number of H-pyrrole nitrogens is 2. The maximum Gasteiger partial charge on any atom is 0.0650 e. The molecule has 2 heterocycles. The molecule has 0 amide bonds. The molecule has 0 radical (unpaired) electrons. The number of hydrogen-bond acceptors (Lipinski definition) is 2. The largest absolute Gasteiger partial charge is 0.357 e. The van der Waals surface area contributed by atoms with Gasteiger partial charge in [-0.2, -0.15) is 5.10 Å². The van der Waals surface area contributed by atoms with Crippen LogP contribution in [0.1, 0.15) is 32.0 Å². The van der Waals surface area contributed by atoms with Gasteiger partial charge in [-0.25, -0.2) is 0 Å². The summed E-state index contributed by atoms with van der Waals surface area (Å²) in [7, 11) is 0. The molecular formula is C16H20N4. The van der Waals surface area contributed by atoms with Gasteiger partial charge < -0.3 is 10.7 Å². The Labute approximate surface area is 118 Å². The average Bonchev–Trinajstić information content (AvgIpc) is 3.06. The summed E-state index contributed by atoms with van der Waals surface area (Å²) in [5.41, 5.74) is 10.6. The molecule has 20 heavy (non-hydrogen) atoms. The Kier molecular flexibility index (Phi) is 3.32. The number of nitrogens with one attached hydrogen (secondary N) is 2. The lowest BCUT2D eigenvalue weighted by Crippen LogP contribution is -2.13. The molecule has 3 rings (SSSR count). The number of aromatic amines is 2. The van der Waals surface area contributed by atoms with Crippen molar-refractivity contribution < 1.29 is 0 Å². The number of aromatic nitrogens is 3. The van der Waals surface area contributed by atoms with E-state index in [1.54, 1.807) is 6.20 Å². The minimum atomic E-state index is 0.0676. The Bertz CT molecular complexity index is 694. The summed E-state index contributed by atoms with van der Waals surface area (Å²) in [6, 6.07) is 10.5. The van der Waals surface area contributed by atoms with Crippen LogP contribution in [0.4, 0.5) is 0 Å². The number of nitrogens with two attached hydrogens (primary N) is 1. The van der Waals surface area contributed by atoms with Gasteiger partial charge in [-0.3, -0.25) is 5.10 Å². The topological polar surface area (TPSA) is 70.5 Å². The van der Waals surface area contributed by atoms with Gasteiger partial charge in [-0.15, -0.1) is 0 Å². The molecular weight excluding hydrogens is 248 g/mol. The van der Waals surface area contributed by atoms with Crippen molar-refractivity contribution in [1.29, 1.82) is 0 Å². The predicted octanol–water partition coefficient (Wildman–Crippen LogP) is 3.60. The van der Waals surface area contributed by atoms with Gasteiger partial charge in [0.1, 0.15) is 0 Å².